The van der Waals surface area contributed by atoms with Crippen LogP contribution in [0.5, 0.6) is 5.75 Å². The molecule has 0 aromatic heterocycles. The van der Waals surface area contributed by atoms with Crippen LogP contribution >= 0.6 is 23.2 Å². The first-order valence-corrected chi connectivity index (χ1v) is 18.0. The van der Waals surface area contributed by atoms with Gasteiger partial charge in [-0.2, -0.15) is 0 Å². The van der Waals surface area contributed by atoms with Gasteiger partial charge in [0.1, 0.15) is 17.0 Å². The Balaban J connectivity index is 0.000000422. The topological polar surface area (TPSA) is 120 Å². The second-order valence-corrected chi connectivity index (χ2v) is 15.7. The van der Waals surface area contributed by atoms with Crippen molar-refractivity contribution in [2.75, 3.05) is 31.8 Å². The van der Waals surface area contributed by atoms with E-state index < -0.39 is 41.1 Å². The standard InChI is InChI=1S/C31H30Cl2FN3O5.C10H15N/c1-30(2,3)14-23-31(18-10-9-16(32)13-21(18)36-29(31)41)24(17-6-5-7-19(33)25(17)34)26(37-23)27(38)35-20-11-8-15(28(39)40)12-22(20)42-4;1-9(11(2)3)10-7-5-4-6-8-10/h5-13,23-24,26,37H,14H2,1-4H3,(H,35,38)(H,36,41)(H,39,40);4-9H,1-3H3/t23-,24-,26+,31+;9-/m01/s1. The van der Waals surface area contributed by atoms with Crippen LogP contribution < -0.4 is 20.7 Å². The van der Waals surface area contributed by atoms with Crippen LogP contribution in [0.1, 0.15) is 73.1 Å². The van der Waals surface area contributed by atoms with E-state index in [4.69, 9.17) is 27.9 Å². The van der Waals surface area contributed by atoms with Crippen molar-refractivity contribution >= 4 is 52.4 Å². The van der Waals surface area contributed by atoms with Crippen LogP contribution in [0.25, 0.3) is 0 Å². The Morgan fingerprint density at radius 1 is 1.02 bits per heavy atom. The number of aromatic carboxylic acids is 1. The number of benzene rings is 4. The molecule has 2 heterocycles. The van der Waals surface area contributed by atoms with Gasteiger partial charge >= 0.3 is 5.97 Å². The molecule has 2 amide bonds. The molecule has 1 spiro atoms. The highest BCUT2D eigenvalue weighted by Gasteiger charge is 2.66. The molecule has 12 heteroatoms. The highest BCUT2D eigenvalue weighted by atomic mass is 35.5. The van der Waals surface area contributed by atoms with Crippen molar-refractivity contribution in [3.63, 3.8) is 0 Å². The maximum absolute atomic E-state index is 15.9. The molecule has 0 unspecified atom stereocenters. The van der Waals surface area contributed by atoms with Crippen LogP contribution in [0.3, 0.4) is 0 Å². The Morgan fingerprint density at radius 3 is 2.34 bits per heavy atom. The number of nitrogens with zero attached hydrogens (tertiary/aromatic N) is 1. The van der Waals surface area contributed by atoms with Crippen molar-refractivity contribution in [3.8, 4) is 5.75 Å². The van der Waals surface area contributed by atoms with Crippen molar-refractivity contribution in [1.29, 1.82) is 0 Å². The highest BCUT2D eigenvalue weighted by molar-refractivity contribution is 6.31. The number of hydrogen-bond acceptors (Lipinski definition) is 6. The molecule has 0 bridgehead atoms. The van der Waals surface area contributed by atoms with E-state index in [-0.39, 0.29) is 38.9 Å². The molecule has 4 N–H and O–H groups in total. The average molecular weight is 764 g/mol. The lowest BCUT2D eigenvalue weighted by Crippen LogP contribution is -2.49. The molecule has 1 fully saturated rings. The third-order valence-electron chi connectivity index (χ3n) is 9.98. The van der Waals surface area contributed by atoms with E-state index in [0.717, 1.165) is 0 Å². The molecule has 9 nitrogen and oxygen atoms in total. The molecule has 0 aliphatic carbocycles. The predicted molar refractivity (Wildman–Crippen MR) is 208 cm³/mol. The molecule has 6 rings (SSSR count). The molecule has 0 radical (unpaired) electrons. The monoisotopic (exact) mass is 762 g/mol. The summed E-state index contributed by atoms with van der Waals surface area (Å²) < 4.78 is 21.3. The highest BCUT2D eigenvalue weighted by Crippen LogP contribution is 2.57. The van der Waals surface area contributed by atoms with Crippen molar-refractivity contribution in [2.24, 2.45) is 5.41 Å². The van der Waals surface area contributed by atoms with Gasteiger partial charge in [0.2, 0.25) is 11.8 Å². The van der Waals surface area contributed by atoms with Gasteiger partial charge in [0.05, 0.1) is 29.4 Å². The van der Waals surface area contributed by atoms with Crippen LogP contribution in [0.4, 0.5) is 15.8 Å². The number of carboxylic acids is 1. The van der Waals surface area contributed by atoms with E-state index >= 15 is 4.39 Å². The molecule has 4 aromatic carbocycles. The van der Waals surface area contributed by atoms with Crippen molar-refractivity contribution in [2.45, 2.75) is 63.6 Å². The molecule has 2 aliphatic rings. The molecule has 2 aliphatic heterocycles. The maximum Gasteiger partial charge on any atom is 0.335 e. The Bertz CT molecular complexity index is 2000. The van der Waals surface area contributed by atoms with Crippen molar-refractivity contribution in [1.82, 2.24) is 10.2 Å². The maximum atomic E-state index is 15.9. The fourth-order valence-corrected chi connectivity index (χ4v) is 7.67. The SMILES string of the molecule is COc1cc(C(=O)O)ccc1NC(=O)[C@@H]1N[C@@H](CC(C)(C)C)[C@@]2(C(=O)Nc3cc(Cl)ccc32)[C@H]1c1cccc(Cl)c1F.C[C@H](c1ccccc1)N(C)C. The molecule has 53 heavy (non-hydrogen) atoms. The Labute approximate surface area is 319 Å². The number of carbonyl (C=O) groups is 3. The molecular weight excluding hydrogens is 718 g/mol. The van der Waals surface area contributed by atoms with E-state index in [0.29, 0.717) is 28.7 Å². The van der Waals surface area contributed by atoms with Crippen LogP contribution in [0.2, 0.25) is 10.0 Å². The van der Waals surface area contributed by atoms with Gasteiger partial charge in [-0.25, -0.2) is 9.18 Å². The number of hydrogen-bond donors (Lipinski definition) is 4. The second-order valence-electron chi connectivity index (χ2n) is 14.9. The molecular formula is C41H45Cl2FN4O5. The summed E-state index contributed by atoms with van der Waals surface area (Å²) in [6, 6.07) is 23.0. The van der Waals surface area contributed by atoms with E-state index in [1.165, 1.54) is 36.9 Å². The fraction of sp³-hybridized carbons (Fsp3) is 0.341. The minimum absolute atomic E-state index is 0.0233. The smallest absolute Gasteiger partial charge is 0.335 e. The van der Waals surface area contributed by atoms with Crippen LogP contribution in [-0.2, 0) is 15.0 Å². The number of amides is 2. The van der Waals surface area contributed by atoms with E-state index in [2.05, 4.69) is 66.1 Å². The number of ether oxygens (including phenoxy) is 1. The number of methoxy groups -OCH3 is 1. The molecule has 0 saturated carbocycles. The number of nitrogens with one attached hydrogen (secondary N) is 3. The molecule has 1 saturated heterocycles. The van der Waals surface area contributed by atoms with Crippen LogP contribution in [-0.4, -0.2) is 61.1 Å². The summed E-state index contributed by atoms with van der Waals surface area (Å²) in [4.78, 5) is 42.0. The molecule has 5 atom stereocenters. The summed E-state index contributed by atoms with van der Waals surface area (Å²) in [6.45, 7) is 8.27. The van der Waals surface area contributed by atoms with Crippen LogP contribution in [0.15, 0.2) is 84.9 Å². The zero-order valence-electron chi connectivity index (χ0n) is 30.8. The van der Waals surface area contributed by atoms with Gasteiger partial charge in [-0.3, -0.25) is 9.59 Å². The summed E-state index contributed by atoms with van der Waals surface area (Å²) in [6.07, 6.45) is 0.460. The molecule has 4 aromatic rings. The van der Waals surface area contributed by atoms with Gasteiger partial charge in [0.25, 0.3) is 0 Å². The van der Waals surface area contributed by atoms with E-state index in [1.807, 2.05) is 26.8 Å². The van der Waals surface area contributed by atoms with Crippen molar-refractivity contribution in [3.05, 3.63) is 123 Å². The number of fused-ring (bicyclic) bond motifs is 2. The first-order chi connectivity index (χ1) is 25.0. The van der Waals surface area contributed by atoms with Gasteiger partial charge in [0.15, 0.2) is 0 Å². The Morgan fingerprint density at radius 2 is 1.72 bits per heavy atom. The number of carboxylic acid groups (broad SMARTS) is 1. The average Bonchev–Trinajstić information content (AvgIpc) is 3.58. The van der Waals surface area contributed by atoms with Gasteiger partial charge in [0, 0.05) is 28.7 Å². The number of anilines is 2. The summed E-state index contributed by atoms with van der Waals surface area (Å²) in [5.74, 6) is -3.73. The first kappa shape index (κ1) is 39.7. The first-order valence-electron chi connectivity index (χ1n) is 17.2. The normalized spacial score (nSPS) is 21.0. The lowest BCUT2D eigenvalue weighted by Gasteiger charge is -2.37. The zero-order chi connectivity index (χ0) is 38.8. The summed E-state index contributed by atoms with van der Waals surface area (Å²) >= 11 is 12.5. The van der Waals surface area contributed by atoms with E-state index in [1.54, 1.807) is 30.3 Å². The fourth-order valence-electron chi connectivity index (χ4n) is 7.32. The quantitative estimate of drug-likeness (QED) is 0.142. The van der Waals surface area contributed by atoms with Crippen molar-refractivity contribution < 1.29 is 28.6 Å². The lowest BCUT2D eigenvalue weighted by molar-refractivity contribution is -0.122. The van der Waals surface area contributed by atoms with E-state index in [9.17, 15) is 19.5 Å². The lowest BCUT2D eigenvalue weighted by atomic mass is 9.62. The van der Waals surface area contributed by atoms with Gasteiger partial charge in [-0.05, 0) is 85.9 Å². The minimum Gasteiger partial charge on any atom is -0.495 e. The zero-order valence-corrected chi connectivity index (χ0v) is 32.3. The Hall–Kier alpha value is -4.48. The summed E-state index contributed by atoms with van der Waals surface area (Å²) in [7, 11) is 5.54. The van der Waals surface area contributed by atoms with Gasteiger partial charge in [-0.1, -0.05) is 92.5 Å². The predicted octanol–water partition coefficient (Wildman–Crippen LogP) is 8.54. The second kappa shape index (κ2) is 15.9. The minimum atomic E-state index is -1.40. The third-order valence-corrected chi connectivity index (χ3v) is 10.5. The largest absolute Gasteiger partial charge is 0.495 e. The molecule has 280 valence electrons. The number of rotatable bonds is 8. The van der Waals surface area contributed by atoms with Gasteiger partial charge < -0.3 is 30.7 Å². The number of carbonyl (C=O) groups excluding carboxylic acids is 2. The van der Waals surface area contributed by atoms with Gasteiger partial charge in [-0.15, -0.1) is 0 Å². The Kier molecular flexibility index (Phi) is 11.9. The summed E-state index contributed by atoms with van der Waals surface area (Å²) in [5.41, 5.74) is 1.07. The summed E-state index contributed by atoms with van der Waals surface area (Å²) in [5, 5.41) is 18.8. The number of halogens is 3. The third kappa shape index (κ3) is 8.06. The van der Waals surface area contributed by atoms with Crippen LogP contribution in [0, 0.1) is 11.2 Å².